The number of aromatic nitrogens is 3. The second-order valence-electron chi connectivity index (χ2n) is 8.20. The number of pyridine rings is 1. The normalized spacial score (nSPS) is 17.1. The van der Waals surface area contributed by atoms with Crippen LogP contribution in [0, 0.1) is 6.92 Å². The van der Waals surface area contributed by atoms with Crippen LogP contribution in [0.4, 0.5) is 0 Å². The van der Waals surface area contributed by atoms with Gasteiger partial charge in [0.05, 0.1) is 23.2 Å². The number of nitrogens with zero attached hydrogens (tertiary/aromatic N) is 4. The molecule has 0 aliphatic carbocycles. The lowest BCUT2D eigenvalue weighted by molar-refractivity contribution is 0.0686. The molecule has 5 nitrogen and oxygen atoms in total. The monoisotopic (exact) mass is 430 g/mol. The van der Waals surface area contributed by atoms with Gasteiger partial charge < -0.3 is 4.90 Å². The van der Waals surface area contributed by atoms with Crippen molar-refractivity contribution in [1.82, 2.24) is 19.7 Å². The second-order valence-corrected chi connectivity index (χ2v) is 9.23. The highest BCUT2D eigenvalue weighted by atomic mass is 32.1. The molecule has 1 aromatic carbocycles. The van der Waals surface area contributed by atoms with Crippen LogP contribution in [0.3, 0.4) is 0 Å². The van der Waals surface area contributed by atoms with Crippen molar-refractivity contribution >= 4 is 27.5 Å². The first-order chi connectivity index (χ1) is 15.2. The van der Waals surface area contributed by atoms with Gasteiger partial charge in [-0.3, -0.25) is 14.5 Å². The summed E-state index contributed by atoms with van der Waals surface area (Å²) in [5.74, 6) is 0.135. The zero-order valence-electron chi connectivity index (χ0n) is 17.7. The third kappa shape index (κ3) is 4.00. The van der Waals surface area contributed by atoms with Gasteiger partial charge in [0.15, 0.2) is 0 Å². The van der Waals surface area contributed by atoms with E-state index in [2.05, 4.69) is 22.0 Å². The van der Waals surface area contributed by atoms with Crippen LogP contribution in [0.1, 0.15) is 58.2 Å². The van der Waals surface area contributed by atoms with Crippen LogP contribution in [-0.4, -0.2) is 32.1 Å². The molecule has 4 heterocycles. The van der Waals surface area contributed by atoms with Gasteiger partial charge in [0.2, 0.25) is 0 Å². The van der Waals surface area contributed by atoms with Gasteiger partial charge in [0.25, 0.3) is 5.91 Å². The second kappa shape index (κ2) is 8.63. The smallest absolute Gasteiger partial charge is 0.264 e. The molecule has 4 aromatic rings. The van der Waals surface area contributed by atoms with Gasteiger partial charge in [0, 0.05) is 24.3 Å². The molecule has 31 heavy (non-hydrogen) atoms. The van der Waals surface area contributed by atoms with Crippen molar-refractivity contribution in [3.05, 3.63) is 82.6 Å². The first-order valence-electron chi connectivity index (χ1n) is 10.9. The number of hydrogen-bond donors (Lipinski definition) is 0. The Hall–Kier alpha value is -2.99. The molecule has 3 aromatic heterocycles. The Balaban J connectivity index is 1.48. The van der Waals surface area contributed by atoms with Crippen LogP contribution in [0.25, 0.3) is 10.2 Å². The van der Waals surface area contributed by atoms with Crippen molar-refractivity contribution < 1.29 is 4.79 Å². The molecule has 0 radical (unpaired) electrons. The van der Waals surface area contributed by atoms with Gasteiger partial charge in [-0.1, -0.05) is 43.2 Å². The Bertz CT molecular complexity index is 1180. The quantitative estimate of drug-likeness (QED) is 0.423. The highest BCUT2D eigenvalue weighted by Gasteiger charge is 2.29. The number of thiophene rings is 1. The average molecular weight is 431 g/mol. The van der Waals surface area contributed by atoms with Crippen LogP contribution in [0.2, 0.25) is 0 Å². The van der Waals surface area contributed by atoms with Gasteiger partial charge >= 0.3 is 0 Å². The zero-order chi connectivity index (χ0) is 21.2. The van der Waals surface area contributed by atoms with E-state index >= 15 is 0 Å². The lowest BCUT2D eigenvalue weighted by atomic mass is 10.0. The molecule has 1 unspecified atom stereocenters. The van der Waals surface area contributed by atoms with E-state index in [-0.39, 0.29) is 11.9 Å². The van der Waals surface area contributed by atoms with Crippen LogP contribution < -0.4 is 0 Å². The third-order valence-electron chi connectivity index (χ3n) is 6.10. The lowest BCUT2D eigenvalue weighted by Gasteiger charge is -2.30. The van der Waals surface area contributed by atoms with Crippen LogP contribution in [-0.2, 0) is 6.54 Å². The van der Waals surface area contributed by atoms with E-state index in [1.165, 1.54) is 17.5 Å². The Morgan fingerprint density at radius 1 is 1.10 bits per heavy atom. The predicted molar refractivity (Wildman–Crippen MR) is 124 cm³/mol. The van der Waals surface area contributed by atoms with Crippen LogP contribution in [0.15, 0.2) is 60.9 Å². The maximum absolute atomic E-state index is 13.7. The zero-order valence-corrected chi connectivity index (χ0v) is 18.5. The number of carbonyl (C=O) groups excluding carboxylic acids is 1. The van der Waals surface area contributed by atoms with E-state index in [0.717, 1.165) is 46.6 Å². The fourth-order valence-electron chi connectivity index (χ4n) is 4.51. The average Bonchev–Trinajstić information content (AvgIpc) is 3.26. The minimum Gasteiger partial charge on any atom is -0.331 e. The maximum atomic E-state index is 13.7. The summed E-state index contributed by atoms with van der Waals surface area (Å²) < 4.78 is 2.03. The Morgan fingerprint density at radius 2 is 1.90 bits per heavy atom. The molecule has 1 amide bonds. The summed E-state index contributed by atoms with van der Waals surface area (Å²) in [6.07, 6.45) is 8.02. The third-order valence-corrected chi connectivity index (χ3v) is 7.23. The Kier molecular flexibility index (Phi) is 5.55. The van der Waals surface area contributed by atoms with Crippen LogP contribution >= 0.6 is 11.3 Å². The standard InChI is InChI=1S/C25H26N4OS/c1-18-21-16-23(31-25(21)29(27-18)17-19-8-4-2-5-9-19)24(30)28-15-7-3-6-10-22(28)20-11-13-26-14-12-20/h2,4-5,8-9,11-14,16,22H,3,6-7,10,15,17H2,1H3. The fourth-order valence-corrected chi connectivity index (χ4v) is 5.62. The Morgan fingerprint density at radius 3 is 2.71 bits per heavy atom. The van der Waals surface area contributed by atoms with Crippen molar-refractivity contribution in [1.29, 1.82) is 0 Å². The summed E-state index contributed by atoms with van der Waals surface area (Å²) in [6.45, 7) is 3.54. The fraction of sp³-hybridized carbons (Fsp3) is 0.320. The molecule has 5 rings (SSSR count). The summed E-state index contributed by atoms with van der Waals surface area (Å²) in [5.41, 5.74) is 3.36. The number of amides is 1. The molecule has 0 saturated carbocycles. The summed E-state index contributed by atoms with van der Waals surface area (Å²) in [5, 5.41) is 5.81. The van der Waals surface area contributed by atoms with Crippen molar-refractivity contribution in [2.45, 2.75) is 45.2 Å². The van der Waals surface area contributed by atoms with Crippen molar-refractivity contribution in [2.75, 3.05) is 6.54 Å². The molecule has 1 aliphatic rings. The van der Waals surface area contributed by atoms with Crippen LogP contribution in [0.5, 0.6) is 0 Å². The number of benzene rings is 1. The van der Waals surface area contributed by atoms with Gasteiger partial charge in [0.1, 0.15) is 4.83 Å². The molecular weight excluding hydrogens is 404 g/mol. The number of likely N-dealkylation sites (tertiary alicyclic amines) is 1. The summed E-state index contributed by atoms with van der Waals surface area (Å²) >= 11 is 1.57. The van der Waals surface area contributed by atoms with Gasteiger partial charge in [-0.05, 0) is 49.1 Å². The van der Waals surface area contributed by atoms with E-state index in [1.807, 2.05) is 60.4 Å². The number of fused-ring (bicyclic) bond motifs is 1. The molecule has 1 atom stereocenters. The van der Waals surface area contributed by atoms with E-state index in [4.69, 9.17) is 5.10 Å². The minimum atomic E-state index is 0.116. The first kappa shape index (κ1) is 19.9. The largest absolute Gasteiger partial charge is 0.331 e. The van der Waals surface area contributed by atoms with E-state index < -0.39 is 0 Å². The van der Waals surface area contributed by atoms with Gasteiger partial charge in [-0.2, -0.15) is 5.10 Å². The number of hydrogen-bond acceptors (Lipinski definition) is 4. The van der Waals surface area contributed by atoms with Crippen molar-refractivity contribution in [2.24, 2.45) is 0 Å². The molecule has 158 valence electrons. The molecule has 0 bridgehead atoms. The highest BCUT2D eigenvalue weighted by Crippen LogP contribution is 2.35. The molecule has 1 saturated heterocycles. The summed E-state index contributed by atoms with van der Waals surface area (Å²) in [6, 6.07) is 16.6. The summed E-state index contributed by atoms with van der Waals surface area (Å²) in [7, 11) is 0. The highest BCUT2D eigenvalue weighted by molar-refractivity contribution is 7.20. The maximum Gasteiger partial charge on any atom is 0.264 e. The number of rotatable bonds is 4. The molecule has 0 N–H and O–H groups in total. The molecular formula is C25H26N4OS. The van der Waals surface area contributed by atoms with E-state index in [1.54, 1.807) is 11.3 Å². The van der Waals surface area contributed by atoms with Gasteiger partial charge in [-0.25, -0.2) is 0 Å². The van der Waals surface area contributed by atoms with E-state index in [0.29, 0.717) is 6.54 Å². The van der Waals surface area contributed by atoms with Crippen molar-refractivity contribution in [3.8, 4) is 0 Å². The molecule has 1 aliphatic heterocycles. The predicted octanol–water partition coefficient (Wildman–Crippen LogP) is 5.61. The van der Waals surface area contributed by atoms with Crippen molar-refractivity contribution in [3.63, 3.8) is 0 Å². The number of carbonyl (C=O) groups is 1. The Labute approximate surface area is 186 Å². The molecule has 6 heteroatoms. The summed E-state index contributed by atoms with van der Waals surface area (Å²) in [4.78, 5) is 21.8. The molecule has 1 fully saturated rings. The SMILES string of the molecule is Cc1nn(Cc2ccccc2)c2sc(C(=O)N3CCCCCC3c3ccncc3)cc12. The molecule has 0 spiro atoms. The van der Waals surface area contributed by atoms with E-state index in [9.17, 15) is 4.79 Å². The first-order valence-corrected chi connectivity index (χ1v) is 11.7. The number of aryl methyl sites for hydroxylation is 1. The lowest BCUT2D eigenvalue weighted by Crippen LogP contribution is -2.34. The van der Waals surface area contributed by atoms with Gasteiger partial charge in [-0.15, -0.1) is 11.3 Å². The topological polar surface area (TPSA) is 51.0 Å². The minimum absolute atomic E-state index is 0.116.